The fraction of sp³-hybridized carbons (Fsp3) is 0.429. The summed E-state index contributed by atoms with van der Waals surface area (Å²) in [4.78, 5) is 0. The Morgan fingerprint density at radius 3 is 1.52 bits per heavy atom. The fourth-order valence-corrected chi connectivity index (χ4v) is 3.25. The third-order valence-corrected chi connectivity index (χ3v) is 4.46. The summed E-state index contributed by atoms with van der Waals surface area (Å²) >= 11 is 0. The molecule has 0 amide bonds. The Kier molecular flexibility index (Phi) is 6.09. The van der Waals surface area contributed by atoms with Gasteiger partial charge < -0.3 is 10.2 Å². The predicted molar refractivity (Wildman–Crippen MR) is 96.3 cm³/mol. The number of benzene rings is 2. The standard InChI is InChI=1S/C21H28O2/c1-4-7-17-13-15(9-11-20(17)22)19(6-3)16-10-12-21(23)18(14-16)8-5-2/h9-14,19,22-23H,4-8H2,1-3H3. The van der Waals surface area contributed by atoms with Gasteiger partial charge in [-0.3, -0.25) is 0 Å². The van der Waals surface area contributed by atoms with Crippen LogP contribution >= 0.6 is 0 Å². The average Bonchev–Trinajstić information content (AvgIpc) is 2.54. The summed E-state index contributed by atoms with van der Waals surface area (Å²) in [5.74, 6) is 1.08. The Bertz CT molecular complexity index is 591. The Morgan fingerprint density at radius 2 is 1.17 bits per heavy atom. The molecule has 0 atom stereocenters. The van der Waals surface area contributed by atoms with Crippen molar-refractivity contribution in [2.24, 2.45) is 0 Å². The largest absolute Gasteiger partial charge is 0.508 e. The lowest BCUT2D eigenvalue weighted by Crippen LogP contribution is -2.02. The molecule has 124 valence electrons. The van der Waals surface area contributed by atoms with Crippen LogP contribution in [0.3, 0.4) is 0 Å². The zero-order valence-electron chi connectivity index (χ0n) is 14.5. The number of hydrogen-bond acceptors (Lipinski definition) is 2. The van der Waals surface area contributed by atoms with Crippen molar-refractivity contribution in [3.05, 3.63) is 58.7 Å². The van der Waals surface area contributed by atoms with E-state index in [0.717, 1.165) is 43.2 Å². The van der Waals surface area contributed by atoms with Crippen molar-refractivity contribution in [1.82, 2.24) is 0 Å². The van der Waals surface area contributed by atoms with Crippen LogP contribution in [0.5, 0.6) is 11.5 Å². The van der Waals surface area contributed by atoms with E-state index in [-0.39, 0.29) is 0 Å². The normalized spacial score (nSPS) is 11.1. The van der Waals surface area contributed by atoms with E-state index in [0.29, 0.717) is 17.4 Å². The van der Waals surface area contributed by atoms with Gasteiger partial charge in [-0.05, 0) is 53.6 Å². The lowest BCUT2D eigenvalue weighted by atomic mass is 9.86. The Morgan fingerprint density at radius 1 is 0.739 bits per heavy atom. The predicted octanol–water partition coefficient (Wildman–Crippen LogP) is 5.54. The van der Waals surface area contributed by atoms with Crippen molar-refractivity contribution in [3.63, 3.8) is 0 Å². The number of phenolic OH excluding ortho intramolecular Hbond substituents is 2. The van der Waals surface area contributed by atoms with E-state index in [9.17, 15) is 10.2 Å². The van der Waals surface area contributed by atoms with Gasteiger partial charge >= 0.3 is 0 Å². The highest BCUT2D eigenvalue weighted by atomic mass is 16.3. The van der Waals surface area contributed by atoms with Crippen LogP contribution in [0.25, 0.3) is 0 Å². The quantitative estimate of drug-likeness (QED) is 0.704. The second kappa shape index (κ2) is 8.05. The molecule has 2 rings (SSSR count). The summed E-state index contributed by atoms with van der Waals surface area (Å²) in [6.07, 6.45) is 4.83. The molecule has 2 aromatic carbocycles. The van der Waals surface area contributed by atoms with Gasteiger partial charge in [-0.15, -0.1) is 0 Å². The number of aryl methyl sites for hydroxylation is 2. The van der Waals surface area contributed by atoms with Gasteiger partial charge in [0.1, 0.15) is 11.5 Å². The summed E-state index contributed by atoms with van der Waals surface area (Å²) in [6, 6.07) is 12.0. The maximum Gasteiger partial charge on any atom is 0.118 e. The molecule has 0 unspecified atom stereocenters. The minimum atomic E-state index is 0.294. The van der Waals surface area contributed by atoms with Crippen LogP contribution in [0, 0.1) is 0 Å². The van der Waals surface area contributed by atoms with Crippen LogP contribution in [0.15, 0.2) is 36.4 Å². The highest BCUT2D eigenvalue weighted by molar-refractivity contribution is 5.44. The summed E-state index contributed by atoms with van der Waals surface area (Å²) in [5, 5.41) is 20.0. The Labute approximate surface area is 139 Å². The summed E-state index contributed by atoms with van der Waals surface area (Å²) in [5.41, 5.74) is 4.52. The molecule has 2 aromatic rings. The second-order valence-electron chi connectivity index (χ2n) is 6.24. The first-order valence-corrected chi connectivity index (χ1v) is 8.74. The molecule has 0 radical (unpaired) electrons. The Balaban J connectivity index is 2.39. The molecule has 0 saturated carbocycles. The minimum Gasteiger partial charge on any atom is -0.508 e. The third-order valence-electron chi connectivity index (χ3n) is 4.46. The van der Waals surface area contributed by atoms with Crippen molar-refractivity contribution in [1.29, 1.82) is 0 Å². The summed E-state index contributed by atoms with van der Waals surface area (Å²) in [7, 11) is 0. The van der Waals surface area contributed by atoms with Crippen molar-refractivity contribution >= 4 is 0 Å². The van der Waals surface area contributed by atoms with E-state index in [2.05, 4.69) is 32.9 Å². The smallest absolute Gasteiger partial charge is 0.118 e. The van der Waals surface area contributed by atoms with Crippen molar-refractivity contribution in [2.75, 3.05) is 0 Å². The molecule has 0 aliphatic carbocycles. The Hall–Kier alpha value is -1.96. The van der Waals surface area contributed by atoms with Crippen molar-refractivity contribution in [2.45, 2.75) is 58.8 Å². The van der Waals surface area contributed by atoms with Crippen molar-refractivity contribution < 1.29 is 10.2 Å². The zero-order valence-corrected chi connectivity index (χ0v) is 14.5. The maximum atomic E-state index is 10.0. The average molecular weight is 312 g/mol. The second-order valence-corrected chi connectivity index (χ2v) is 6.24. The van der Waals surface area contributed by atoms with Gasteiger partial charge in [0.25, 0.3) is 0 Å². The molecule has 0 spiro atoms. The van der Waals surface area contributed by atoms with Gasteiger partial charge in [0.15, 0.2) is 0 Å². The van der Waals surface area contributed by atoms with Crippen molar-refractivity contribution in [3.8, 4) is 11.5 Å². The fourth-order valence-electron chi connectivity index (χ4n) is 3.25. The lowest BCUT2D eigenvalue weighted by Gasteiger charge is -2.19. The number of hydrogen-bond donors (Lipinski definition) is 2. The van der Waals surface area contributed by atoms with Gasteiger partial charge in [-0.1, -0.05) is 57.9 Å². The molecule has 0 aliphatic rings. The minimum absolute atomic E-state index is 0.294. The van der Waals surface area contributed by atoms with E-state index < -0.39 is 0 Å². The highest BCUT2D eigenvalue weighted by Crippen LogP contribution is 2.33. The molecule has 0 heterocycles. The van der Waals surface area contributed by atoms with Gasteiger partial charge in [0, 0.05) is 5.92 Å². The zero-order chi connectivity index (χ0) is 16.8. The molecule has 0 saturated heterocycles. The SMILES string of the molecule is CCCc1cc(C(CC)c2ccc(O)c(CCC)c2)ccc1O. The molecule has 0 bridgehead atoms. The molecule has 2 N–H and O–H groups in total. The number of phenols is 2. The van der Waals surface area contributed by atoms with Gasteiger partial charge in [0.05, 0.1) is 0 Å². The molecule has 2 nitrogen and oxygen atoms in total. The van der Waals surface area contributed by atoms with Crippen LogP contribution in [-0.4, -0.2) is 10.2 Å². The highest BCUT2D eigenvalue weighted by Gasteiger charge is 2.15. The number of rotatable bonds is 7. The van der Waals surface area contributed by atoms with Crippen LogP contribution in [0.4, 0.5) is 0 Å². The van der Waals surface area contributed by atoms with Crippen LogP contribution < -0.4 is 0 Å². The monoisotopic (exact) mass is 312 g/mol. The molecule has 2 heteroatoms. The van der Waals surface area contributed by atoms with Gasteiger partial charge in [-0.2, -0.15) is 0 Å². The first kappa shape index (κ1) is 17.4. The van der Waals surface area contributed by atoms with E-state index in [4.69, 9.17) is 0 Å². The van der Waals surface area contributed by atoms with Gasteiger partial charge in [-0.25, -0.2) is 0 Å². The molecule has 0 fully saturated rings. The lowest BCUT2D eigenvalue weighted by molar-refractivity contribution is 0.467. The molecule has 0 aromatic heterocycles. The summed E-state index contributed by atoms with van der Waals surface area (Å²) < 4.78 is 0. The van der Waals surface area contributed by atoms with Crippen LogP contribution in [0.2, 0.25) is 0 Å². The molecular weight excluding hydrogens is 284 g/mol. The molecular formula is C21H28O2. The third kappa shape index (κ3) is 4.07. The first-order valence-electron chi connectivity index (χ1n) is 8.74. The van der Waals surface area contributed by atoms with E-state index >= 15 is 0 Å². The van der Waals surface area contributed by atoms with Crippen LogP contribution in [-0.2, 0) is 12.8 Å². The van der Waals surface area contributed by atoms with Crippen LogP contribution in [0.1, 0.15) is 68.2 Å². The molecule has 0 aliphatic heterocycles. The maximum absolute atomic E-state index is 10.0. The molecule has 23 heavy (non-hydrogen) atoms. The van der Waals surface area contributed by atoms with Gasteiger partial charge in [0.2, 0.25) is 0 Å². The van der Waals surface area contributed by atoms with E-state index in [1.807, 2.05) is 24.3 Å². The topological polar surface area (TPSA) is 40.5 Å². The summed E-state index contributed by atoms with van der Waals surface area (Å²) in [6.45, 7) is 6.43. The van der Waals surface area contributed by atoms with E-state index in [1.54, 1.807) is 0 Å². The van der Waals surface area contributed by atoms with E-state index in [1.165, 1.54) is 11.1 Å². The first-order chi connectivity index (χ1) is 11.1. The number of aromatic hydroxyl groups is 2.